The first-order valence-corrected chi connectivity index (χ1v) is 8.71. The van der Waals surface area contributed by atoms with Crippen molar-refractivity contribution in [3.8, 4) is 0 Å². The number of hydrogen-bond acceptors (Lipinski definition) is 5. The van der Waals surface area contributed by atoms with Crippen LogP contribution in [0.3, 0.4) is 0 Å². The van der Waals surface area contributed by atoms with E-state index in [1.165, 1.54) is 35.6 Å². The predicted octanol–water partition coefficient (Wildman–Crippen LogP) is 2.90. The summed E-state index contributed by atoms with van der Waals surface area (Å²) in [5, 5.41) is 9.12. The first-order valence-electron chi connectivity index (χ1n) is 5.62. The number of carbonyl (C=O) groups is 1. The Morgan fingerprint density at radius 3 is 2.57 bits per heavy atom. The van der Waals surface area contributed by atoms with Gasteiger partial charge in [0.25, 0.3) is 10.0 Å². The van der Waals surface area contributed by atoms with Crippen molar-refractivity contribution in [1.29, 1.82) is 0 Å². The van der Waals surface area contributed by atoms with E-state index >= 15 is 0 Å². The molecule has 1 aromatic carbocycles. The number of aryl methyl sites for hydroxylation is 1. The normalized spacial score (nSPS) is 11.3. The molecule has 21 heavy (non-hydrogen) atoms. The van der Waals surface area contributed by atoms with E-state index < -0.39 is 16.0 Å². The van der Waals surface area contributed by atoms with E-state index in [0.29, 0.717) is 8.66 Å². The van der Waals surface area contributed by atoms with Gasteiger partial charge < -0.3 is 10.8 Å². The standard InChI is InChI=1S/C12H11BrN2O4S2/c1-6-10(5-11(13)20-6)21(18,19)15-9-3-2-7(14)4-8(9)12(16)17/h2-5,15H,14H2,1H3,(H,16,17). The third kappa shape index (κ3) is 3.36. The molecule has 0 unspecified atom stereocenters. The molecule has 0 aliphatic carbocycles. The first-order chi connectivity index (χ1) is 9.70. The molecule has 0 atom stereocenters. The highest BCUT2D eigenvalue weighted by Crippen LogP contribution is 2.31. The van der Waals surface area contributed by atoms with Gasteiger partial charge in [0.1, 0.15) is 4.90 Å². The van der Waals surface area contributed by atoms with Gasteiger partial charge in [-0.25, -0.2) is 13.2 Å². The second kappa shape index (κ2) is 5.66. The van der Waals surface area contributed by atoms with Crippen LogP contribution in [0.25, 0.3) is 0 Å². The summed E-state index contributed by atoms with van der Waals surface area (Å²) in [6, 6.07) is 5.43. The minimum atomic E-state index is -3.87. The SMILES string of the molecule is Cc1sc(Br)cc1S(=O)(=O)Nc1ccc(N)cc1C(=O)O. The Labute approximate surface area is 133 Å². The van der Waals surface area contributed by atoms with Crippen LogP contribution in [-0.4, -0.2) is 19.5 Å². The number of sulfonamides is 1. The largest absolute Gasteiger partial charge is 0.478 e. The number of thiophene rings is 1. The zero-order valence-corrected chi connectivity index (χ0v) is 14.0. The van der Waals surface area contributed by atoms with Gasteiger partial charge in [-0.15, -0.1) is 11.3 Å². The fraction of sp³-hybridized carbons (Fsp3) is 0.0833. The highest BCUT2D eigenvalue weighted by molar-refractivity contribution is 9.11. The van der Waals surface area contributed by atoms with Crippen molar-refractivity contribution in [3.63, 3.8) is 0 Å². The average Bonchev–Trinajstić information content (AvgIpc) is 2.71. The lowest BCUT2D eigenvalue weighted by atomic mass is 10.1. The van der Waals surface area contributed by atoms with E-state index in [4.69, 9.17) is 10.8 Å². The number of anilines is 2. The molecule has 112 valence electrons. The van der Waals surface area contributed by atoms with Gasteiger partial charge in [-0.1, -0.05) is 0 Å². The van der Waals surface area contributed by atoms with E-state index in [1.54, 1.807) is 6.92 Å². The smallest absolute Gasteiger partial charge is 0.337 e. The van der Waals surface area contributed by atoms with E-state index in [0.717, 1.165) is 0 Å². The Hall–Kier alpha value is -1.58. The molecule has 0 aliphatic heterocycles. The van der Waals surface area contributed by atoms with Gasteiger partial charge in [0, 0.05) is 10.6 Å². The molecule has 0 amide bonds. The van der Waals surface area contributed by atoms with E-state index in [-0.39, 0.29) is 21.8 Å². The Morgan fingerprint density at radius 2 is 2.05 bits per heavy atom. The molecule has 0 saturated heterocycles. The van der Waals surface area contributed by atoms with Crippen LogP contribution >= 0.6 is 27.3 Å². The Morgan fingerprint density at radius 1 is 1.38 bits per heavy atom. The van der Waals surface area contributed by atoms with Crippen LogP contribution < -0.4 is 10.5 Å². The topological polar surface area (TPSA) is 109 Å². The zero-order chi connectivity index (χ0) is 15.8. The number of carboxylic acid groups (broad SMARTS) is 1. The number of aromatic carboxylic acids is 1. The van der Waals surface area contributed by atoms with Crippen LogP contribution in [0.4, 0.5) is 11.4 Å². The summed E-state index contributed by atoms with van der Waals surface area (Å²) in [6.45, 7) is 1.67. The van der Waals surface area contributed by atoms with Crippen molar-refractivity contribution in [1.82, 2.24) is 0 Å². The molecule has 0 aliphatic rings. The van der Waals surface area contributed by atoms with Crippen molar-refractivity contribution in [2.45, 2.75) is 11.8 Å². The highest BCUT2D eigenvalue weighted by Gasteiger charge is 2.22. The third-order valence-corrected chi connectivity index (χ3v) is 5.82. The minimum absolute atomic E-state index is 0.0292. The lowest BCUT2D eigenvalue weighted by molar-refractivity contribution is 0.0698. The van der Waals surface area contributed by atoms with E-state index in [2.05, 4.69) is 20.7 Å². The lowest BCUT2D eigenvalue weighted by Crippen LogP contribution is -2.16. The van der Waals surface area contributed by atoms with Crippen LogP contribution in [-0.2, 0) is 10.0 Å². The number of hydrogen-bond donors (Lipinski definition) is 3. The maximum Gasteiger partial charge on any atom is 0.337 e. The summed E-state index contributed by atoms with van der Waals surface area (Å²) in [5.74, 6) is -1.26. The van der Waals surface area contributed by atoms with E-state index in [1.807, 2.05) is 0 Å². The molecule has 0 saturated carbocycles. The van der Waals surface area contributed by atoms with Crippen LogP contribution in [0.2, 0.25) is 0 Å². The van der Waals surface area contributed by atoms with Crippen LogP contribution in [0.5, 0.6) is 0 Å². The molecule has 2 aromatic rings. The summed E-state index contributed by atoms with van der Waals surface area (Å²) in [4.78, 5) is 11.9. The molecule has 1 heterocycles. The second-order valence-corrected chi connectivity index (χ2v) is 8.47. The number of nitrogens with one attached hydrogen (secondary N) is 1. The number of carboxylic acids is 1. The number of benzene rings is 1. The summed E-state index contributed by atoms with van der Waals surface area (Å²) in [5.41, 5.74) is 5.53. The second-order valence-electron chi connectivity index (χ2n) is 4.19. The number of nitrogens with two attached hydrogens (primary N) is 1. The average molecular weight is 391 g/mol. The Balaban J connectivity index is 2.47. The summed E-state index contributed by atoms with van der Waals surface area (Å²) >= 11 is 4.50. The van der Waals surface area contributed by atoms with Gasteiger partial charge in [-0.2, -0.15) is 0 Å². The first kappa shape index (κ1) is 15.8. The third-order valence-electron chi connectivity index (χ3n) is 2.65. The molecule has 0 fully saturated rings. The monoisotopic (exact) mass is 390 g/mol. The maximum atomic E-state index is 12.3. The van der Waals surface area contributed by atoms with Gasteiger partial charge in [-0.3, -0.25) is 4.72 Å². The van der Waals surface area contributed by atoms with Crippen molar-refractivity contribution < 1.29 is 18.3 Å². The van der Waals surface area contributed by atoms with Crippen molar-refractivity contribution in [2.75, 3.05) is 10.5 Å². The lowest BCUT2D eigenvalue weighted by Gasteiger charge is -2.10. The van der Waals surface area contributed by atoms with Gasteiger partial charge in [0.15, 0.2) is 0 Å². The molecular weight excluding hydrogens is 380 g/mol. The molecule has 2 rings (SSSR count). The molecule has 1 aromatic heterocycles. The molecule has 0 radical (unpaired) electrons. The van der Waals surface area contributed by atoms with Gasteiger partial charge in [-0.05, 0) is 47.1 Å². The predicted molar refractivity (Wildman–Crippen MR) is 85.4 cm³/mol. The van der Waals surface area contributed by atoms with Crippen molar-refractivity contribution in [2.24, 2.45) is 0 Å². The molecular formula is C12H11BrN2O4S2. The number of halogens is 1. The fourth-order valence-corrected chi connectivity index (χ4v) is 5.22. The van der Waals surface area contributed by atoms with Crippen molar-refractivity contribution in [3.05, 3.63) is 38.5 Å². The maximum absolute atomic E-state index is 12.3. The molecule has 4 N–H and O–H groups in total. The fourth-order valence-electron chi connectivity index (χ4n) is 1.73. The van der Waals surface area contributed by atoms with Crippen molar-refractivity contribution >= 4 is 54.6 Å². The van der Waals surface area contributed by atoms with Gasteiger partial charge in [0.05, 0.1) is 15.0 Å². The number of rotatable bonds is 4. The molecule has 0 spiro atoms. The summed E-state index contributed by atoms with van der Waals surface area (Å²) < 4.78 is 27.7. The van der Waals surface area contributed by atoms with E-state index in [9.17, 15) is 13.2 Å². The van der Waals surface area contributed by atoms with Crippen LogP contribution in [0.15, 0.2) is 32.9 Å². The summed E-state index contributed by atoms with van der Waals surface area (Å²) in [6.07, 6.45) is 0. The highest BCUT2D eigenvalue weighted by atomic mass is 79.9. The molecule has 9 heteroatoms. The number of nitrogen functional groups attached to an aromatic ring is 1. The molecule has 0 bridgehead atoms. The van der Waals surface area contributed by atoms with Gasteiger partial charge >= 0.3 is 5.97 Å². The Bertz CT molecular complexity index is 815. The van der Waals surface area contributed by atoms with Crippen LogP contribution in [0.1, 0.15) is 15.2 Å². The quantitative estimate of drug-likeness (QED) is 0.695. The zero-order valence-electron chi connectivity index (χ0n) is 10.8. The molecule has 6 nitrogen and oxygen atoms in total. The minimum Gasteiger partial charge on any atom is -0.478 e. The Kier molecular flexibility index (Phi) is 4.26. The van der Waals surface area contributed by atoms with Crippen LogP contribution in [0, 0.1) is 6.92 Å². The van der Waals surface area contributed by atoms with Gasteiger partial charge in [0.2, 0.25) is 0 Å². The summed E-state index contributed by atoms with van der Waals surface area (Å²) in [7, 11) is -3.87.